The number of rotatable bonds is 7. The SMILES string of the molecule is C=CCNC(=O)C(C)Oc1cc(C=O)ccc1[N+](=O)[O-]. The zero-order valence-electron chi connectivity index (χ0n) is 10.9. The van der Waals surface area contributed by atoms with Crippen LogP contribution in [0.1, 0.15) is 17.3 Å². The van der Waals surface area contributed by atoms with Gasteiger partial charge in [-0.05, 0) is 19.1 Å². The minimum Gasteiger partial charge on any atom is -0.474 e. The van der Waals surface area contributed by atoms with E-state index in [2.05, 4.69) is 11.9 Å². The van der Waals surface area contributed by atoms with E-state index in [9.17, 15) is 19.7 Å². The molecule has 0 spiro atoms. The molecule has 0 saturated carbocycles. The van der Waals surface area contributed by atoms with Crippen LogP contribution in [0.3, 0.4) is 0 Å². The molecule has 1 unspecified atom stereocenters. The average molecular weight is 278 g/mol. The van der Waals surface area contributed by atoms with Crippen LogP contribution in [-0.4, -0.2) is 29.8 Å². The highest BCUT2D eigenvalue weighted by Gasteiger charge is 2.21. The molecular weight excluding hydrogens is 264 g/mol. The van der Waals surface area contributed by atoms with Crippen molar-refractivity contribution >= 4 is 17.9 Å². The summed E-state index contributed by atoms with van der Waals surface area (Å²) in [7, 11) is 0. The van der Waals surface area contributed by atoms with Crippen molar-refractivity contribution in [2.24, 2.45) is 0 Å². The molecule has 0 heterocycles. The summed E-state index contributed by atoms with van der Waals surface area (Å²) >= 11 is 0. The van der Waals surface area contributed by atoms with Gasteiger partial charge in [0.25, 0.3) is 5.91 Å². The van der Waals surface area contributed by atoms with Gasteiger partial charge in [0.1, 0.15) is 6.29 Å². The van der Waals surface area contributed by atoms with Crippen molar-refractivity contribution in [1.82, 2.24) is 5.32 Å². The molecule has 1 rings (SSSR count). The maximum absolute atomic E-state index is 11.6. The summed E-state index contributed by atoms with van der Waals surface area (Å²) in [6.07, 6.45) is 1.11. The van der Waals surface area contributed by atoms with E-state index in [4.69, 9.17) is 4.74 Å². The van der Waals surface area contributed by atoms with Gasteiger partial charge in [0, 0.05) is 18.2 Å². The molecule has 106 valence electrons. The molecular formula is C13H14N2O5. The lowest BCUT2D eigenvalue weighted by Gasteiger charge is -2.14. The summed E-state index contributed by atoms with van der Waals surface area (Å²) in [5, 5.41) is 13.4. The highest BCUT2D eigenvalue weighted by Crippen LogP contribution is 2.28. The molecule has 1 N–H and O–H groups in total. The number of nitrogens with zero attached hydrogens (tertiary/aromatic N) is 1. The minimum absolute atomic E-state index is 0.124. The standard InChI is InChI=1S/C13H14N2O5/c1-3-6-14-13(17)9(2)20-12-7-10(8-16)4-5-11(12)15(18)19/h3-5,7-9H,1,6H2,2H3,(H,14,17). The van der Waals surface area contributed by atoms with E-state index >= 15 is 0 Å². The first kappa shape index (κ1) is 15.4. The van der Waals surface area contributed by atoms with Crippen LogP contribution in [0.5, 0.6) is 5.75 Å². The van der Waals surface area contributed by atoms with Crippen molar-refractivity contribution in [3.63, 3.8) is 0 Å². The number of aldehydes is 1. The van der Waals surface area contributed by atoms with E-state index in [1.807, 2.05) is 0 Å². The highest BCUT2D eigenvalue weighted by molar-refractivity contribution is 5.81. The van der Waals surface area contributed by atoms with E-state index in [1.54, 1.807) is 0 Å². The van der Waals surface area contributed by atoms with Crippen LogP contribution in [0.4, 0.5) is 5.69 Å². The largest absolute Gasteiger partial charge is 0.474 e. The Morgan fingerprint density at radius 1 is 1.60 bits per heavy atom. The second-order valence-electron chi connectivity index (χ2n) is 3.90. The lowest BCUT2D eigenvalue weighted by Crippen LogP contribution is -2.36. The Labute approximate surface area is 115 Å². The number of nitro benzene ring substituents is 1. The Kier molecular flexibility index (Phi) is 5.40. The number of hydrogen-bond donors (Lipinski definition) is 1. The Bertz CT molecular complexity index is 542. The van der Waals surface area contributed by atoms with Gasteiger partial charge in [0.05, 0.1) is 4.92 Å². The summed E-state index contributed by atoms with van der Waals surface area (Å²) in [4.78, 5) is 32.5. The second kappa shape index (κ2) is 7.03. The first-order chi connectivity index (χ1) is 9.49. The fourth-order valence-electron chi connectivity index (χ4n) is 1.41. The van der Waals surface area contributed by atoms with Gasteiger partial charge in [-0.3, -0.25) is 19.7 Å². The monoisotopic (exact) mass is 278 g/mol. The van der Waals surface area contributed by atoms with E-state index < -0.39 is 16.9 Å². The summed E-state index contributed by atoms with van der Waals surface area (Å²) in [6, 6.07) is 3.69. The van der Waals surface area contributed by atoms with Crippen molar-refractivity contribution in [2.75, 3.05) is 6.54 Å². The van der Waals surface area contributed by atoms with Gasteiger partial charge in [0.2, 0.25) is 0 Å². The van der Waals surface area contributed by atoms with Crippen molar-refractivity contribution in [3.8, 4) is 5.75 Å². The van der Waals surface area contributed by atoms with Gasteiger partial charge in [0.15, 0.2) is 11.9 Å². The third-order valence-corrected chi connectivity index (χ3v) is 2.41. The molecule has 0 radical (unpaired) electrons. The number of ether oxygens (including phenoxy) is 1. The smallest absolute Gasteiger partial charge is 0.310 e. The zero-order valence-corrected chi connectivity index (χ0v) is 10.9. The number of amides is 1. The number of carbonyl (C=O) groups is 2. The fraction of sp³-hybridized carbons (Fsp3) is 0.231. The Morgan fingerprint density at radius 3 is 2.85 bits per heavy atom. The molecule has 1 atom stereocenters. The van der Waals surface area contributed by atoms with Crippen molar-refractivity contribution < 1.29 is 19.2 Å². The van der Waals surface area contributed by atoms with Crippen LogP contribution in [-0.2, 0) is 4.79 Å². The maximum atomic E-state index is 11.6. The summed E-state index contributed by atoms with van der Waals surface area (Å²) in [5.41, 5.74) is -0.0803. The lowest BCUT2D eigenvalue weighted by molar-refractivity contribution is -0.386. The van der Waals surface area contributed by atoms with Crippen LogP contribution in [0.15, 0.2) is 30.9 Å². The van der Waals surface area contributed by atoms with E-state index in [-0.39, 0.29) is 23.5 Å². The topological polar surface area (TPSA) is 98.5 Å². The Balaban J connectivity index is 2.94. The van der Waals surface area contributed by atoms with E-state index in [0.29, 0.717) is 6.29 Å². The molecule has 0 saturated heterocycles. The lowest BCUT2D eigenvalue weighted by atomic mass is 10.2. The van der Waals surface area contributed by atoms with Gasteiger partial charge in [-0.1, -0.05) is 6.08 Å². The van der Waals surface area contributed by atoms with Crippen molar-refractivity contribution in [2.45, 2.75) is 13.0 Å². The molecule has 0 aliphatic heterocycles. The third kappa shape index (κ3) is 3.91. The van der Waals surface area contributed by atoms with Gasteiger partial charge in [-0.2, -0.15) is 0 Å². The molecule has 0 aliphatic carbocycles. The minimum atomic E-state index is -0.935. The molecule has 1 amide bonds. The van der Waals surface area contributed by atoms with Crippen LogP contribution in [0.25, 0.3) is 0 Å². The molecule has 1 aromatic rings. The number of nitro groups is 1. The van der Waals surface area contributed by atoms with Gasteiger partial charge < -0.3 is 10.1 Å². The summed E-state index contributed by atoms with van der Waals surface area (Å²) in [5.74, 6) is -0.559. The maximum Gasteiger partial charge on any atom is 0.310 e. The number of nitrogens with one attached hydrogen (secondary N) is 1. The Hall–Kier alpha value is -2.70. The number of benzene rings is 1. The van der Waals surface area contributed by atoms with Gasteiger partial charge in [-0.15, -0.1) is 6.58 Å². The Morgan fingerprint density at radius 2 is 2.30 bits per heavy atom. The van der Waals surface area contributed by atoms with Crippen LogP contribution < -0.4 is 10.1 Å². The average Bonchev–Trinajstić information content (AvgIpc) is 2.44. The summed E-state index contributed by atoms with van der Waals surface area (Å²) in [6.45, 7) is 5.17. The van der Waals surface area contributed by atoms with Crippen molar-refractivity contribution in [1.29, 1.82) is 0 Å². The molecule has 0 fully saturated rings. The van der Waals surface area contributed by atoms with Gasteiger partial charge >= 0.3 is 5.69 Å². The van der Waals surface area contributed by atoms with Crippen LogP contribution in [0, 0.1) is 10.1 Å². The first-order valence-corrected chi connectivity index (χ1v) is 5.78. The molecule has 0 aliphatic rings. The quantitative estimate of drug-likeness (QED) is 0.352. The second-order valence-corrected chi connectivity index (χ2v) is 3.90. The molecule has 7 heteroatoms. The first-order valence-electron chi connectivity index (χ1n) is 5.78. The molecule has 0 bridgehead atoms. The normalized spacial score (nSPS) is 11.2. The predicted molar refractivity (Wildman–Crippen MR) is 71.8 cm³/mol. The predicted octanol–water partition coefficient (Wildman–Crippen LogP) is 1.48. The number of hydrogen-bond acceptors (Lipinski definition) is 5. The molecule has 1 aromatic carbocycles. The van der Waals surface area contributed by atoms with Crippen molar-refractivity contribution in [3.05, 3.63) is 46.5 Å². The number of carbonyl (C=O) groups excluding carboxylic acids is 2. The fourth-order valence-corrected chi connectivity index (χ4v) is 1.41. The van der Waals surface area contributed by atoms with E-state index in [1.165, 1.54) is 25.1 Å². The third-order valence-electron chi connectivity index (χ3n) is 2.41. The van der Waals surface area contributed by atoms with E-state index in [0.717, 1.165) is 6.07 Å². The summed E-state index contributed by atoms with van der Waals surface area (Å²) < 4.78 is 5.26. The zero-order chi connectivity index (χ0) is 15.1. The van der Waals surface area contributed by atoms with Crippen LogP contribution in [0.2, 0.25) is 0 Å². The van der Waals surface area contributed by atoms with Crippen LogP contribution >= 0.6 is 0 Å². The van der Waals surface area contributed by atoms with Gasteiger partial charge in [-0.25, -0.2) is 0 Å². The molecule has 20 heavy (non-hydrogen) atoms. The molecule has 0 aromatic heterocycles. The highest BCUT2D eigenvalue weighted by atomic mass is 16.6. The molecule has 7 nitrogen and oxygen atoms in total.